The second-order valence-corrected chi connectivity index (χ2v) is 4.93. The number of carbonyl (C=O) groups is 1. The van der Waals surface area contributed by atoms with Gasteiger partial charge in [-0.15, -0.1) is 0 Å². The Kier molecular flexibility index (Phi) is 3.96. The zero-order valence-electron chi connectivity index (χ0n) is 7.32. The van der Waals surface area contributed by atoms with Crippen LogP contribution in [0.1, 0.15) is 15.9 Å². The Labute approximate surface area is 105 Å². The van der Waals surface area contributed by atoms with Crippen LogP contribution in [0.25, 0.3) is 0 Å². The van der Waals surface area contributed by atoms with E-state index in [9.17, 15) is 4.79 Å². The molecule has 70 valence electrons. The van der Waals surface area contributed by atoms with Crippen molar-refractivity contribution in [1.29, 1.82) is 0 Å². The second-order valence-electron chi connectivity index (χ2n) is 2.69. The van der Waals surface area contributed by atoms with Crippen LogP contribution in [-0.2, 0) is 0 Å². The van der Waals surface area contributed by atoms with Crippen LogP contribution in [-0.4, -0.2) is 13.0 Å². The molecule has 1 aromatic rings. The van der Waals surface area contributed by atoms with Gasteiger partial charge in [-0.2, -0.15) is 0 Å². The van der Waals surface area contributed by atoms with E-state index >= 15 is 0 Å². The number of halogens is 2. The predicted molar refractivity (Wildman–Crippen MR) is 70.0 cm³/mol. The lowest BCUT2D eigenvalue weighted by Crippen LogP contribution is -2.19. The maximum atomic E-state index is 11.4. The zero-order chi connectivity index (χ0) is 10.0. The fourth-order valence-corrected chi connectivity index (χ4v) is 2.36. The summed E-state index contributed by atoms with van der Waals surface area (Å²) in [7, 11) is 1.65. The van der Waals surface area contributed by atoms with E-state index in [0.717, 1.165) is 18.3 Å². The van der Waals surface area contributed by atoms with E-state index < -0.39 is 0 Å². The molecule has 0 aromatic heterocycles. The van der Waals surface area contributed by atoms with Crippen LogP contribution in [0, 0.1) is 14.1 Å². The molecule has 0 atom stereocenters. The number of hydrogen-bond donors (Lipinski definition) is 1. The summed E-state index contributed by atoms with van der Waals surface area (Å²) in [6.07, 6.45) is 0. The van der Waals surface area contributed by atoms with E-state index in [2.05, 4.69) is 56.6 Å². The summed E-state index contributed by atoms with van der Waals surface area (Å²) in [5.41, 5.74) is 1.87. The summed E-state index contributed by atoms with van der Waals surface area (Å²) < 4.78 is 2.14. The van der Waals surface area contributed by atoms with Gasteiger partial charge in [-0.3, -0.25) is 4.79 Å². The van der Waals surface area contributed by atoms with E-state index in [-0.39, 0.29) is 5.91 Å². The van der Waals surface area contributed by atoms with Crippen molar-refractivity contribution in [2.45, 2.75) is 6.92 Å². The smallest absolute Gasteiger partial charge is 0.252 e. The molecule has 0 aliphatic heterocycles. The molecule has 1 rings (SSSR count). The minimum absolute atomic E-state index is 0.0222. The first kappa shape index (κ1) is 11.2. The molecule has 1 amide bonds. The molecule has 0 spiro atoms. The second kappa shape index (κ2) is 4.59. The lowest BCUT2D eigenvalue weighted by molar-refractivity contribution is 0.0962. The molecule has 0 aliphatic rings. The molecular formula is C9H9I2NO. The van der Waals surface area contributed by atoms with Gasteiger partial charge in [-0.25, -0.2) is 0 Å². The Morgan fingerprint density at radius 2 is 2.00 bits per heavy atom. The Hall–Kier alpha value is 0.150. The highest BCUT2D eigenvalue weighted by atomic mass is 127. The van der Waals surface area contributed by atoms with Gasteiger partial charge in [0.2, 0.25) is 0 Å². The molecule has 0 saturated carbocycles. The first-order valence-corrected chi connectivity index (χ1v) is 5.89. The predicted octanol–water partition coefficient (Wildman–Crippen LogP) is 2.56. The van der Waals surface area contributed by atoms with Gasteiger partial charge in [0.25, 0.3) is 5.91 Å². The molecule has 0 bridgehead atoms. The molecule has 2 nitrogen and oxygen atoms in total. The van der Waals surface area contributed by atoms with Crippen LogP contribution in [0.5, 0.6) is 0 Å². The average molecular weight is 401 g/mol. The number of amides is 1. The van der Waals surface area contributed by atoms with Gasteiger partial charge in [0.15, 0.2) is 0 Å². The molecule has 0 unspecified atom stereocenters. The van der Waals surface area contributed by atoms with Crippen molar-refractivity contribution in [3.8, 4) is 0 Å². The van der Waals surface area contributed by atoms with Crippen molar-refractivity contribution in [3.63, 3.8) is 0 Å². The van der Waals surface area contributed by atoms with Crippen molar-refractivity contribution >= 4 is 51.1 Å². The number of aryl methyl sites for hydroxylation is 1. The molecule has 13 heavy (non-hydrogen) atoms. The van der Waals surface area contributed by atoms with Crippen molar-refractivity contribution < 1.29 is 4.79 Å². The molecule has 0 radical (unpaired) electrons. The standard InChI is InChI=1S/C9H9I2NO/c1-5-3-6(9(13)12-2)8(11)7(10)4-5/h3-4H,1-2H3,(H,12,13). The maximum Gasteiger partial charge on any atom is 0.252 e. The van der Waals surface area contributed by atoms with Gasteiger partial charge in [-0.1, -0.05) is 0 Å². The van der Waals surface area contributed by atoms with Crippen LogP contribution in [0.3, 0.4) is 0 Å². The van der Waals surface area contributed by atoms with Gasteiger partial charge in [0.1, 0.15) is 0 Å². The summed E-state index contributed by atoms with van der Waals surface area (Å²) in [6, 6.07) is 3.97. The van der Waals surface area contributed by atoms with Crippen molar-refractivity contribution in [1.82, 2.24) is 5.32 Å². The fraction of sp³-hybridized carbons (Fsp3) is 0.222. The minimum atomic E-state index is -0.0222. The molecule has 4 heteroatoms. The van der Waals surface area contributed by atoms with Crippen molar-refractivity contribution in [2.24, 2.45) is 0 Å². The van der Waals surface area contributed by atoms with E-state index in [1.807, 2.05) is 13.0 Å². The van der Waals surface area contributed by atoms with Crippen molar-refractivity contribution in [2.75, 3.05) is 7.05 Å². The molecule has 0 saturated heterocycles. The summed E-state index contributed by atoms with van der Waals surface area (Å²) in [5, 5.41) is 2.63. The average Bonchev–Trinajstić information content (AvgIpc) is 2.10. The molecule has 0 aliphatic carbocycles. The van der Waals surface area contributed by atoms with Gasteiger partial charge in [0.05, 0.1) is 5.56 Å². The Morgan fingerprint density at radius 3 is 2.54 bits per heavy atom. The first-order chi connectivity index (χ1) is 6.06. The monoisotopic (exact) mass is 401 g/mol. The normalized spacial score (nSPS) is 9.85. The summed E-state index contributed by atoms with van der Waals surface area (Å²) in [5.74, 6) is -0.0222. The van der Waals surface area contributed by atoms with Gasteiger partial charge < -0.3 is 5.32 Å². The van der Waals surface area contributed by atoms with E-state index in [4.69, 9.17) is 0 Å². The molecule has 0 heterocycles. The Balaban J connectivity index is 3.28. The van der Waals surface area contributed by atoms with Crippen LogP contribution >= 0.6 is 45.2 Å². The SMILES string of the molecule is CNC(=O)c1cc(C)cc(I)c1I. The summed E-state index contributed by atoms with van der Waals surface area (Å²) >= 11 is 4.43. The first-order valence-electron chi connectivity index (χ1n) is 3.74. The highest BCUT2D eigenvalue weighted by Gasteiger charge is 2.10. The maximum absolute atomic E-state index is 11.4. The third kappa shape index (κ3) is 2.55. The lowest BCUT2D eigenvalue weighted by Gasteiger charge is -2.06. The Bertz CT molecular complexity index is 350. The molecule has 1 N–H and O–H groups in total. The van der Waals surface area contributed by atoms with E-state index in [0.29, 0.717) is 0 Å². The summed E-state index contributed by atoms with van der Waals surface area (Å²) in [4.78, 5) is 11.4. The number of benzene rings is 1. The highest BCUT2D eigenvalue weighted by molar-refractivity contribution is 14.1. The number of carbonyl (C=O) groups excluding carboxylic acids is 1. The van der Waals surface area contributed by atoms with Crippen LogP contribution in [0.2, 0.25) is 0 Å². The number of hydrogen-bond acceptors (Lipinski definition) is 1. The largest absolute Gasteiger partial charge is 0.355 e. The van der Waals surface area contributed by atoms with Crippen LogP contribution in [0.15, 0.2) is 12.1 Å². The topological polar surface area (TPSA) is 29.1 Å². The van der Waals surface area contributed by atoms with Gasteiger partial charge in [0, 0.05) is 14.2 Å². The minimum Gasteiger partial charge on any atom is -0.355 e. The quantitative estimate of drug-likeness (QED) is 0.721. The number of rotatable bonds is 1. The molecular weight excluding hydrogens is 392 g/mol. The van der Waals surface area contributed by atoms with Gasteiger partial charge >= 0.3 is 0 Å². The van der Waals surface area contributed by atoms with Gasteiger partial charge in [-0.05, 0) is 69.8 Å². The fourth-order valence-electron chi connectivity index (χ4n) is 1.02. The van der Waals surface area contributed by atoms with Crippen LogP contribution < -0.4 is 5.32 Å². The Morgan fingerprint density at radius 1 is 1.38 bits per heavy atom. The molecule has 1 aromatic carbocycles. The third-order valence-electron chi connectivity index (χ3n) is 1.64. The zero-order valence-corrected chi connectivity index (χ0v) is 11.6. The third-order valence-corrected chi connectivity index (χ3v) is 4.69. The lowest BCUT2D eigenvalue weighted by atomic mass is 10.1. The molecule has 0 fully saturated rings. The number of nitrogens with one attached hydrogen (secondary N) is 1. The van der Waals surface area contributed by atoms with E-state index in [1.54, 1.807) is 7.05 Å². The van der Waals surface area contributed by atoms with E-state index in [1.165, 1.54) is 0 Å². The highest BCUT2D eigenvalue weighted by Crippen LogP contribution is 2.21. The van der Waals surface area contributed by atoms with Crippen LogP contribution in [0.4, 0.5) is 0 Å². The summed E-state index contributed by atoms with van der Waals surface area (Å²) in [6.45, 7) is 1.99. The van der Waals surface area contributed by atoms with Crippen molar-refractivity contribution in [3.05, 3.63) is 30.4 Å².